The monoisotopic (exact) mass is 278 g/mol. The van der Waals surface area contributed by atoms with Crippen LogP contribution in [0, 0.1) is 18.3 Å². The lowest BCUT2D eigenvalue weighted by atomic mass is 10.0. The molecule has 1 N–H and O–H groups in total. The maximum absolute atomic E-state index is 8.88. The summed E-state index contributed by atoms with van der Waals surface area (Å²) in [6.07, 6.45) is 2.22. The van der Waals surface area contributed by atoms with Gasteiger partial charge in [-0.05, 0) is 55.5 Å². The van der Waals surface area contributed by atoms with E-state index in [-0.39, 0.29) is 0 Å². The number of hydrogen-bond acceptors (Lipinski definition) is 2. The van der Waals surface area contributed by atoms with Crippen LogP contribution in [0.15, 0.2) is 48.5 Å². The second-order valence-electron chi connectivity index (χ2n) is 5.56. The van der Waals surface area contributed by atoms with Gasteiger partial charge in [-0.3, -0.25) is 0 Å². The second-order valence-corrected chi connectivity index (χ2v) is 5.56. The van der Waals surface area contributed by atoms with Gasteiger partial charge in [-0.25, -0.2) is 0 Å². The number of aryl methyl sites for hydroxylation is 2. The summed E-state index contributed by atoms with van der Waals surface area (Å²) in [5, 5.41) is 12.4. The Balaban J connectivity index is 1.81. The smallest absolute Gasteiger partial charge is 0.0991 e. The second kappa shape index (κ2) is 7.61. The molecule has 0 bridgehead atoms. The van der Waals surface area contributed by atoms with Crippen LogP contribution >= 0.6 is 0 Å². The summed E-state index contributed by atoms with van der Waals surface area (Å²) < 4.78 is 0. The van der Waals surface area contributed by atoms with Gasteiger partial charge < -0.3 is 5.32 Å². The highest BCUT2D eigenvalue weighted by atomic mass is 14.9. The molecule has 0 fully saturated rings. The zero-order valence-electron chi connectivity index (χ0n) is 12.8. The molecule has 108 valence electrons. The van der Waals surface area contributed by atoms with Crippen molar-refractivity contribution in [3.63, 3.8) is 0 Å². The van der Waals surface area contributed by atoms with Gasteiger partial charge in [0.05, 0.1) is 11.6 Å². The van der Waals surface area contributed by atoms with Crippen molar-refractivity contribution in [1.29, 1.82) is 5.26 Å². The van der Waals surface area contributed by atoms with E-state index in [1.807, 2.05) is 18.2 Å². The molecule has 2 aromatic carbocycles. The zero-order valence-corrected chi connectivity index (χ0v) is 12.8. The fourth-order valence-electron chi connectivity index (χ4n) is 2.38. The summed E-state index contributed by atoms with van der Waals surface area (Å²) in [7, 11) is 0. The molecule has 2 rings (SSSR count). The molecule has 0 amide bonds. The van der Waals surface area contributed by atoms with Gasteiger partial charge in [-0.1, -0.05) is 36.4 Å². The quantitative estimate of drug-likeness (QED) is 0.867. The number of nitrogens with zero attached hydrogens (tertiary/aromatic N) is 1. The van der Waals surface area contributed by atoms with Crippen LogP contribution in [0.2, 0.25) is 0 Å². The normalized spacial score (nSPS) is 11.9. The van der Waals surface area contributed by atoms with Crippen molar-refractivity contribution in [3.05, 3.63) is 70.8 Å². The molecule has 2 aromatic rings. The lowest BCUT2D eigenvalue weighted by molar-refractivity contribution is 0.513. The molecule has 0 aliphatic heterocycles. The Morgan fingerprint density at radius 3 is 2.57 bits per heavy atom. The number of nitrogens with one attached hydrogen (secondary N) is 1. The molecule has 2 heteroatoms. The van der Waals surface area contributed by atoms with Crippen LogP contribution in [-0.4, -0.2) is 6.04 Å². The minimum Gasteiger partial charge on any atom is -0.310 e. The van der Waals surface area contributed by atoms with Crippen molar-refractivity contribution in [2.75, 3.05) is 0 Å². The highest BCUT2D eigenvalue weighted by molar-refractivity contribution is 5.37. The predicted molar refractivity (Wildman–Crippen MR) is 87.0 cm³/mol. The first kappa shape index (κ1) is 15.3. The predicted octanol–water partition coefficient (Wildman–Crippen LogP) is 3.98. The lowest BCUT2D eigenvalue weighted by Gasteiger charge is -2.15. The van der Waals surface area contributed by atoms with E-state index < -0.39 is 0 Å². The van der Waals surface area contributed by atoms with Crippen LogP contribution in [0.25, 0.3) is 0 Å². The molecular formula is C19H22N2. The first-order valence-electron chi connectivity index (χ1n) is 7.46. The molecular weight excluding hydrogens is 256 g/mol. The first-order chi connectivity index (χ1) is 10.2. The van der Waals surface area contributed by atoms with Gasteiger partial charge in [0.2, 0.25) is 0 Å². The third kappa shape index (κ3) is 4.73. The van der Waals surface area contributed by atoms with E-state index in [1.165, 1.54) is 16.7 Å². The van der Waals surface area contributed by atoms with Crippen LogP contribution < -0.4 is 5.32 Å². The van der Waals surface area contributed by atoms with Gasteiger partial charge in [0.25, 0.3) is 0 Å². The Bertz CT molecular complexity index is 611. The summed E-state index contributed by atoms with van der Waals surface area (Å²) in [6.45, 7) is 5.14. The van der Waals surface area contributed by atoms with Crippen molar-refractivity contribution >= 4 is 0 Å². The molecule has 21 heavy (non-hydrogen) atoms. The van der Waals surface area contributed by atoms with Gasteiger partial charge in [0.15, 0.2) is 0 Å². The van der Waals surface area contributed by atoms with E-state index >= 15 is 0 Å². The lowest BCUT2D eigenvalue weighted by Crippen LogP contribution is -2.26. The largest absolute Gasteiger partial charge is 0.310 e. The summed E-state index contributed by atoms with van der Waals surface area (Å²) >= 11 is 0. The van der Waals surface area contributed by atoms with E-state index in [1.54, 1.807) is 0 Å². The Hall–Kier alpha value is -2.11. The molecule has 0 saturated heterocycles. The highest BCUT2D eigenvalue weighted by Gasteiger charge is 2.04. The minimum absolute atomic E-state index is 0.472. The molecule has 0 saturated carbocycles. The topological polar surface area (TPSA) is 35.8 Å². The van der Waals surface area contributed by atoms with E-state index in [9.17, 15) is 0 Å². The number of hydrogen-bond donors (Lipinski definition) is 1. The van der Waals surface area contributed by atoms with Crippen molar-refractivity contribution in [3.8, 4) is 6.07 Å². The van der Waals surface area contributed by atoms with E-state index in [0.29, 0.717) is 6.04 Å². The van der Waals surface area contributed by atoms with Crippen molar-refractivity contribution in [1.82, 2.24) is 5.32 Å². The summed E-state index contributed by atoms with van der Waals surface area (Å²) in [6, 6.07) is 19.1. The summed E-state index contributed by atoms with van der Waals surface area (Å²) in [5.41, 5.74) is 4.56. The SMILES string of the molecule is Cc1cc(C#N)ccc1CNC(C)CCc1ccccc1. The van der Waals surface area contributed by atoms with Crippen molar-refractivity contribution in [2.24, 2.45) is 0 Å². The fourth-order valence-corrected chi connectivity index (χ4v) is 2.38. The maximum atomic E-state index is 8.88. The van der Waals surface area contributed by atoms with Gasteiger partial charge in [-0.2, -0.15) is 5.26 Å². The first-order valence-corrected chi connectivity index (χ1v) is 7.46. The van der Waals surface area contributed by atoms with Crippen LogP contribution in [0.3, 0.4) is 0 Å². The molecule has 0 heterocycles. The van der Waals surface area contributed by atoms with E-state index in [2.05, 4.69) is 55.6 Å². The van der Waals surface area contributed by atoms with Crippen molar-refractivity contribution < 1.29 is 0 Å². The standard InChI is InChI=1S/C19H22N2/c1-15-12-18(13-20)10-11-19(15)14-21-16(2)8-9-17-6-4-3-5-7-17/h3-7,10-12,16,21H,8-9,14H2,1-2H3. The minimum atomic E-state index is 0.472. The van der Waals surface area contributed by atoms with Crippen LogP contribution in [-0.2, 0) is 13.0 Å². The van der Waals surface area contributed by atoms with Gasteiger partial charge in [0.1, 0.15) is 0 Å². The zero-order chi connectivity index (χ0) is 15.1. The van der Waals surface area contributed by atoms with Gasteiger partial charge in [-0.15, -0.1) is 0 Å². The third-order valence-corrected chi connectivity index (χ3v) is 3.82. The fraction of sp³-hybridized carbons (Fsp3) is 0.316. The molecule has 1 unspecified atom stereocenters. The molecule has 0 radical (unpaired) electrons. The molecule has 1 atom stereocenters. The Morgan fingerprint density at radius 2 is 1.90 bits per heavy atom. The van der Waals surface area contributed by atoms with Crippen LogP contribution in [0.5, 0.6) is 0 Å². The average molecular weight is 278 g/mol. The third-order valence-electron chi connectivity index (χ3n) is 3.82. The molecule has 0 aromatic heterocycles. The number of benzene rings is 2. The summed E-state index contributed by atoms with van der Waals surface area (Å²) in [4.78, 5) is 0. The van der Waals surface area contributed by atoms with Crippen LogP contribution in [0.1, 0.15) is 35.6 Å². The highest BCUT2D eigenvalue weighted by Crippen LogP contribution is 2.11. The number of nitriles is 1. The van der Waals surface area contributed by atoms with Crippen LogP contribution in [0.4, 0.5) is 0 Å². The van der Waals surface area contributed by atoms with E-state index in [0.717, 1.165) is 24.9 Å². The molecule has 0 aliphatic rings. The van der Waals surface area contributed by atoms with Gasteiger partial charge >= 0.3 is 0 Å². The Labute approximate surface area is 127 Å². The number of rotatable bonds is 6. The van der Waals surface area contributed by atoms with Crippen molar-refractivity contribution in [2.45, 2.75) is 39.3 Å². The average Bonchev–Trinajstić information content (AvgIpc) is 2.52. The molecule has 0 spiro atoms. The molecule has 0 aliphatic carbocycles. The van der Waals surface area contributed by atoms with Gasteiger partial charge in [0, 0.05) is 12.6 Å². The summed E-state index contributed by atoms with van der Waals surface area (Å²) in [5.74, 6) is 0. The Kier molecular flexibility index (Phi) is 5.54. The Morgan fingerprint density at radius 1 is 1.14 bits per heavy atom. The maximum Gasteiger partial charge on any atom is 0.0991 e. The van der Waals surface area contributed by atoms with E-state index in [4.69, 9.17) is 5.26 Å². The molecule has 2 nitrogen and oxygen atoms in total.